The highest BCUT2D eigenvalue weighted by Crippen LogP contribution is 2.30. The molecule has 5 unspecified atom stereocenters. The Labute approximate surface area is 123 Å². The van der Waals surface area contributed by atoms with Gasteiger partial charge in [-0.05, 0) is 38.5 Å². The van der Waals surface area contributed by atoms with Gasteiger partial charge in [0, 0.05) is 5.92 Å². The van der Waals surface area contributed by atoms with Gasteiger partial charge in [-0.3, -0.25) is 16.0 Å². The van der Waals surface area contributed by atoms with Crippen molar-refractivity contribution in [3.63, 3.8) is 0 Å². The summed E-state index contributed by atoms with van der Waals surface area (Å²) in [5, 5.41) is 21.3. The molecule has 0 amide bonds. The summed E-state index contributed by atoms with van der Waals surface area (Å²) in [7, 11) is 0. The molecule has 3 aliphatic rings. The van der Waals surface area contributed by atoms with Crippen LogP contribution in [0.1, 0.15) is 64.7 Å². The predicted octanol–water partition coefficient (Wildman–Crippen LogP) is 1.90. The van der Waals surface area contributed by atoms with Gasteiger partial charge in [-0.15, -0.1) is 0 Å². The van der Waals surface area contributed by atoms with Crippen LogP contribution in [0.4, 0.5) is 0 Å². The van der Waals surface area contributed by atoms with Crippen molar-refractivity contribution in [3.05, 3.63) is 0 Å². The van der Waals surface area contributed by atoms with E-state index in [-0.39, 0.29) is 12.3 Å². The molecule has 20 heavy (non-hydrogen) atoms. The van der Waals surface area contributed by atoms with E-state index in [0.29, 0.717) is 18.2 Å². The number of rotatable bonds is 2. The lowest BCUT2D eigenvalue weighted by atomic mass is 9.82. The molecule has 0 aromatic heterocycles. The quantitative estimate of drug-likeness (QED) is 0.624. The first-order valence-corrected chi connectivity index (χ1v) is 8.70. The van der Waals surface area contributed by atoms with E-state index >= 15 is 0 Å². The number of nitrogens with one attached hydrogen (secondary N) is 3. The molecule has 5 atom stereocenters. The highest BCUT2D eigenvalue weighted by molar-refractivity contribution is 4.92. The minimum atomic E-state index is -0.133. The average Bonchev–Trinajstić information content (AvgIpc) is 2.48. The highest BCUT2D eigenvalue weighted by atomic mass is 16.3. The van der Waals surface area contributed by atoms with Gasteiger partial charge in [0.15, 0.2) is 0 Å². The summed E-state index contributed by atoms with van der Waals surface area (Å²) in [4.78, 5) is 0. The third kappa shape index (κ3) is 3.35. The minimum Gasteiger partial charge on any atom is -0.393 e. The molecular formula is C16H31N3O. The number of hydrogen-bond acceptors (Lipinski definition) is 4. The van der Waals surface area contributed by atoms with Crippen molar-refractivity contribution in [3.8, 4) is 0 Å². The van der Waals surface area contributed by atoms with Crippen LogP contribution in [0.25, 0.3) is 0 Å². The van der Waals surface area contributed by atoms with Crippen molar-refractivity contribution in [2.24, 2.45) is 11.8 Å². The Morgan fingerprint density at radius 1 is 0.750 bits per heavy atom. The van der Waals surface area contributed by atoms with E-state index in [2.05, 4.69) is 22.9 Å². The maximum absolute atomic E-state index is 10.3. The summed E-state index contributed by atoms with van der Waals surface area (Å²) >= 11 is 0. The second-order valence-corrected chi connectivity index (χ2v) is 7.09. The zero-order chi connectivity index (χ0) is 13.9. The van der Waals surface area contributed by atoms with E-state index in [4.69, 9.17) is 0 Å². The van der Waals surface area contributed by atoms with E-state index < -0.39 is 0 Å². The fourth-order valence-corrected chi connectivity index (χ4v) is 4.39. The Balaban J connectivity index is 1.62. The van der Waals surface area contributed by atoms with E-state index in [1.165, 1.54) is 44.9 Å². The van der Waals surface area contributed by atoms with Crippen LogP contribution in [0.15, 0.2) is 0 Å². The Kier molecular flexibility index (Phi) is 4.97. The molecular weight excluding hydrogens is 250 g/mol. The Morgan fingerprint density at radius 3 is 2.15 bits per heavy atom. The van der Waals surface area contributed by atoms with E-state index in [0.717, 1.165) is 18.8 Å². The molecule has 1 aliphatic heterocycles. The topological polar surface area (TPSA) is 56.3 Å². The summed E-state index contributed by atoms with van der Waals surface area (Å²) < 4.78 is 0. The maximum atomic E-state index is 10.3. The van der Waals surface area contributed by atoms with Crippen LogP contribution in [-0.2, 0) is 0 Å². The molecule has 2 aliphatic carbocycles. The van der Waals surface area contributed by atoms with Gasteiger partial charge in [-0.1, -0.05) is 32.1 Å². The summed E-state index contributed by atoms with van der Waals surface area (Å²) in [6, 6.07) is 0. The number of hydrogen-bond donors (Lipinski definition) is 4. The van der Waals surface area contributed by atoms with E-state index in [1.54, 1.807) is 0 Å². The van der Waals surface area contributed by atoms with Gasteiger partial charge in [0.2, 0.25) is 0 Å². The van der Waals surface area contributed by atoms with Crippen LogP contribution in [0.5, 0.6) is 0 Å². The zero-order valence-electron chi connectivity index (χ0n) is 12.8. The SMILES string of the molecule is CC1NC(C2CCCCC2)NC(C2CCCCC2O)N1. The van der Waals surface area contributed by atoms with Crippen molar-refractivity contribution < 1.29 is 5.11 Å². The Hall–Kier alpha value is -0.160. The Bertz CT molecular complexity index is 306. The maximum Gasteiger partial charge on any atom is 0.0649 e. The Morgan fingerprint density at radius 2 is 1.40 bits per heavy atom. The van der Waals surface area contributed by atoms with Crippen LogP contribution in [0, 0.1) is 11.8 Å². The monoisotopic (exact) mass is 281 g/mol. The lowest BCUT2D eigenvalue weighted by Gasteiger charge is -2.46. The lowest BCUT2D eigenvalue weighted by Crippen LogP contribution is -2.71. The number of aliphatic hydroxyl groups is 1. The summed E-state index contributed by atoms with van der Waals surface area (Å²) in [5.74, 6) is 1.14. The van der Waals surface area contributed by atoms with Crippen molar-refractivity contribution in [1.29, 1.82) is 0 Å². The van der Waals surface area contributed by atoms with E-state index in [1.807, 2.05) is 0 Å². The van der Waals surface area contributed by atoms with Crippen LogP contribution in [-0.4, -0.2) is 29.7 Å². The zero-order valence-corrected chi connectivity index (χ0v) is 12.8. The van der Waals surface area contributed by atoms with Crippen LogP contribution in [0.2, 0.25) is 0 Å². The van der Waals surface area contributed by atoms with Gasteiger partial charge in [0.1, 0.15) is 0 Å². The van der Waals surface area contributed by atoms with Crippen LogP contribution < -0.4 is 16.0 Å². The van der Waals surface area contributed by atoms with E-state index in [9.17, 15) is 5.11 Å². The molecule has 3 rings (SSSR count). The molecule has 2 saturated carbocycles. The summed E-state index contributed by atoms with van der Waals surface area (Å²) in [6.07, 6.45) is 12.3. The molecule has 4 N–H and O–H groups in total. The van der Waals surface area contributed by atoms with Gasteiger partial charge in [0.05, 0.1) is 24.6 Å². The molecule has 1 saturated heterocycles. The average molecular weight is 281 g/mol. The first kappa shape index (κ1) is 14.8. The van der Waals surface area contributed by atoms with Crippen LogP contribution >= 0.6 is 0 Å². The van der Waals surface area contributed by atoms with Crippen molar-refractivity contribution >= 4 is 0 Å². The fraction of sp³-hybridized carbons (Fsp3) is 1.00. The summed E-state index contributed by atoms with van der Waals surface area (Å²) in [6.45, 7) is 2.21. The van der Waals surface area contributed by atoms with Gasteiger partial charge in [-0.25, -0.2) is 0 Å². The van der Waals surface area contributed by atoms with Gasteiger partial charge in [-0.2, -0.15) is 0 Å². The lowest BCUT2D eigenvalue weighted by molar-refractivity contribution is 0.0116. The minimum absolute atomic E-state index is 0.133. The molecule has 0 bridgehead atoms. The summed E-state index contributed by atoms with van der Waals surface area (Å²) in [5.41, 5.74) is 0. The van der Waals surface area contributed by atoms with Gasteiger partial charge in [0.25, 0.3) is 0 Å². The smallest absolute Gasteiger partial charge is 0.0649 e. The van der Waals surface area contributed by atoms with Gasteiger partial charge < -0.3 is 5.11 Å². The molecule has 116 valence electrons. The largest absolute Gasteiger partial charge is 0.393 e. The van der Waals surface area contributed by atoms with Crippen molar-refractivity contribution in [1.82, 2.24) is 16.0 Å². The van der Waals surface area contributed by atoms with Crippen molar-refractivity contribution in [2.45, 2.75) is 89.3 Å². The predicted molar refractivity (Wildman–Crippen MR) is 81.0 cm³/mol. The second kappa shape index (κ2) is 6.73. The second-order valence-electron chi connectivity index (χ2n) is 7.09. The molecule has 0 aromatic rings. The molecule has 0 radical (unpaired) electrons. The first-order valence-electron chi connectivity index (χ1n) is 8.70. The van der Waals surface area contributed by atoms with Crippen LogP contribution in [0.3, 0.4) is 0 Å². The van der Waals surface area contributed by atoms with Gasteiger partial charge >= 0.3 is 0 Å². The molecule has 4 heteroatoms. The molecule has 1 heterocycles. The third-order valence-corrected chi connectivity index (χ3v) is 5.55. The first-order chi connectivity index (χ1) is 9.74. The molecule has 0 spiro atoms. The molecule has 3 fully saturated rings. The normalized spacial score (nSPS) is 44.4. The number of aliphatic hydroxyl groups excluding tert-OH is 1. The standard InChI is InChI=1S/C16H31N3O/c1-11-17-15(12-7-3-2-4-8-12)19-16(18-11)13-9-5-6-10-14(13)20/h11-20H,2-10H2,1H3. The highest BCUT2D eigenvalue weighted by Gasteiger charge is 2.37. The molecule has 4 nitrogen and oxygen atoms in total. The van der Waals surface area contributed by atoms with Crippen molar-refractivity contribution in [2.75, 3.05) is 0 Å². The molecule has 0 aromatic carbocycles. The fourth-order valence-electron chi connectivity index (χ4n) is 4.39. The third-order valence-electron chi connectivity index (χ3n) is 5.55.